The number of benzene rings is 1. The van der Waals surface area contributed by atoms with Crippen LogP contribution >= 0.6 is 0 Å². The molecule has 0 saturated heterocycles. The van der Waals surface area contributed by atoms with E-state index in [-0.39, 0.29) is 0 Å². The lowest BCUT2D eigenvalue weighted by Crippen LogP contribution is -2.35. The largest absolute Gasteiger partial charge is 0.385 e. The summed E-state index contributed by atoms with van der Waals surface area (Å²) in [6.45, 7) is 0.821. The van der Waals surface area contributed by atoms with E-state index in [4.69, 9.17) is 10.5 Å². The molecule has 0 bridgehead atoms. The van der Waals surface area contributed by atoms with E-state index in [1.807, 2.05) is 0 Å². The summed E-state index contributed by atoms with van der Waals surface area (Å²) in [6, 6.07) is 8.92. The van der Waals surface area contributed by atoms with Crippen LogP contribution in [0.2, 0.25) is 0 Å². The van der Waals surface area contributed by atoms with Crippen LogP contribution in [0, 0.1) is 0 Å². The Morgan fingerprint density at radius 3 is 3.00 bits per heavy atom. The van der Waals surface area contributed by atoms with E-state index < -0.39 is 0 Å². The summed E-state index contributed by atoms with van der Waals surface area (Å²) in [5.41, 5.74) is 9.12. The Bertz CT molecular complexity index is 324. The standard InChI is InChI=1S/C13H19NO/c1-15-8-4-7-13(14)12-9-10-5-2-3-6-11(10)12/h2-3,5-6,12-13H,4,7-9,14H2,1H3. The number of hydrogen-bond acceptors (Lipinski definition) is 2. The molecular formula is C13H19NO. The van der Waals surface area contributed by atoms with Gasteiger partial charge in [0.15, 0.2) is 0 Å². The molecule has 0 saturated carbocycles. The predicted molar refractivity (Wildman–Crippen MR) is 62.0 cm³/mol. The van der Waals surface area contributed by atoms with Crippen molar-refractivity contribution < 1.29 is 4.74 Å². The molecule has 2 nitrogen and oxygen atoms in total. The minimum Gasteiger partial charge on any atom is -0.385 e. The first kappa shape index (κ1) is 10.7. The van der Waals surface area contributed by atoms with Crippen LogP contribution in [-0.4, -0.2) is 19.8 Å². The Kier molecular flexibility index (Phi) is 3.39. The van der Waals surface area contributed by atoms with Gasteiger partial charge in [-0.05, 0) is 30.4 Å². The van der Waals surface area contributed by atoms with E-state index in [0.717, 1.165) is 25.9 Å². The van der Waals surface area contributed by atoms with Crippen molar-refractivity contribution in [3.05, 3.63) is 35.4 Å². The minimum atomic E-state index is 0.301. The Morgan fingerprint density at radius 1 is 1.47 bits per heavy atom. The van der Waals surface area contributed by atoms with Crippen molar-refractivity contribution in [2.45, 2.75) is 31.2 Å². The highest BCUT2D eigenvalue weighted by atomic mass is 16.5. The monoisotopic (exact) mass is 205 g/mol. The quantitative estimate of drug-likeness (QED) is 0.747. The van der Waals surface area contributed by atoms with Crippen molar-refractivity contribution in [3.63, 3.8) is 0 Å². The van der Waals surface area contributed by atoms with Gasteiger partial charge in [-0.25, -0.2) is 0 Å². The van der Waals surface area contributed by atoms with Crippen LogP contribution in [-0.2, 0) is 11.2 Å². The van der Waals surface area contributed by atoms with Gasteiger partial charge in [-0.15, -0.1) is 0 Å². The number of ether oxygens (including phenoxy) is 1. The Morgan fingerprint density at radius 2 is 2.27 bits per heavy atom. The van der Waals surface area contributed by atoms with Gasteiger partial charge in [0.1, 0.15) is 0 Å². The summed E-state index contributed by atoms with van der Waals surface area (Å²) in [4.78, 5) is 0. The average molecular weight is 205 g/mol. The highest BCUT2D eigenvalue weighted by molar-refractivity contribution is 5.41. The van der Waals surface area contributed by atoms with Gasteiger partial charge in [0, 0.05) is 25.7 Å². The number of nitrogens with two attached hydrogens (primary N) is 1. The number of rotatable bonds is 5. The normalized spacial score (nSPS) is 20.5. The topological polar surface area (TPSA) is 35.2 Å². The lowest BCUT2D eigenvalue weighted by atomic mass is 9.73. The lowest BCUT2D eigenvalue weighted by Gasteiger charge is -2.34. The van der Waals surface area contributed by atoms with Crippen LogP contribution in [0.4, 0.5) is 0 Å². The van der Waals surface area contributed by atoms with E-state index in [1.165, 1.54) is 11.1 Å². The zero-order valence-corrected chi connectivity index (χ0v) is 9.28. The van der Waals surface area contributed by atoms with Crippen LogP contribution in [0.15, 0.2) is 24.3 Å². The molecule has 0 fully saturated rings. The third kappa shape index (κ3) is 2.21. The Labute approximate surface area is 91.4 Å². The van der Waals surface area contributed by atoms with Crippen LogP contribution in [0.1, 0.15) is 29.9 Å². The zero-order valence-electron chi connectivity index (χ0n) is 9.28. The number of fused-ring (bicyclic) bond motifs is 1. The fraction of sp³-hybridized carbons (Fsp3) is 0.538. The van der Waals surface area contributed by atoms with Crippen LogP contribution in [0.3, 0.4) is 0 Å². The highest BCUT2D eigenvalue weighted by Gasteiger charge is 2.29. The van der Waals surface area contributed by atoms with E-state index in [0.29, 0.717) is 12.0 Å². The maximum atomic E-state index is 6.18. The Hall–Kier alpha value is -0.860. The van der Waals surface area contributed by atoms with Crippen molar-refractivity contribution in [1.82, 2.24) is 0 Å². The molecule has 2 rings (SSSR count). The van der Waals surface area contributed by atoms with Gasteiger partial charge in [-0.3, -0.25) is 0 Å². The first-order valence-corrected chi connectivity index (χ1v) is 5.65. The second kappa shape index (κ2) is 4.77. The SMILES string of the molecule is COCCCC(N)C1Cc2ccccc21. The van der Waals surface area contributed by atoms with E-state index >= 15 is 0 Å². The molecule has 1 aliphatic rings. The molecule has 2 N–H and O–H groups in total. The number of methoxy groups -OCH3 is 1. The molecule has 15 heavy (non-hydrogen) atoms. The Balaban J connectivity index is 1.87. The second-order valence-electron chi connectivity index (χ2n) is 4.31. The molecule has 0 aromatic heterocycles. The van der Waals surface area contributed by atoms with Gasteiger partial charge in [0.25, 0.3) is 0 Å². The van der Waals surface area contributed by atoms with Gasteiger partial charge in [0.05, 0.1) is 0 Å². The van der Waals surface area contributed by atoms with E-state index in [1.54, 1.807) is 7.11 Å². The van der Waals surface area contributed by atoms with Crippen molar-refractivity contribution in [2.24, 2.45) is 5.73 Å². The molecule has 0 aliphatic heterocycles. The average Bonchev–Trinajstić information content (AvgIpc) is 2.20. The van der Waals surface area contributed by atoms with Gasteiger partial charge in [-0.2, -0.15) is 0 Å². The van der Waals surface area contributed by atoms with Crippen molar-refractivity contribution >= 4 is 0 Å². The third-order valence-corrected chi connectivity index (χ3v) is 3.30. The minimum absolute atomic E-state index is 0.301. The van der Waals surface area contributed by atoms with Crippen molar-refractivity contribution in [2.75, 3.05) is 13.7 Å². The van der Waals surface area contributed by atoms with Crippen LogP contribution < -0.4 is 5.73 Å². The summed E-state index contributed by atoms with van der Waals surface area (Å²) >= 11 is 0. The van der Waals surface area contributed by atoms with Gasteiger partial charge in [0.2, 0.25) is 0 Å². The van der Waals surface area contributed by atoms with Gasteiger partial charge >= 0.3 is 0 Å². The first-order chi connectivity index (χ1) is 7.33. The van der Waals surface area contributed by atoms with Crippen molar-refractivity contribution in [3.8, 4) is 0 Å². The highest BCUT2D eigenvalue weighted by Crippen LogP contribution is 2.37. The fourth-order valence-electron chi connectivity index (χ4n) is 2.34. The molecule has 0 amide bonds. The third-order valence-electron chi connectivity index (χ3n) is 3.30. The summed E-state index contributed by atoms with van der Waals surface area (Å²) < 4.78 is 5.04. The molecule has 2 unspecified atom stereocenters. The maximum Gasteiger partial charge on any atom is 0.0462 e. The fourth-order valence-corrected chi connectivity index (χ4v) is 2.34. The predicted octanol–water partition coefficient (Wildman–Crippen LogP) is 2.08. The molecule has 0 heterocycles. The maximum absolute atomic E-state index is 6.18. The summed E-state index contributed by atoms with van der Waals surface area (Å²) in [5.74, 6) is 0.582. The molecule has 82 valence electrons. The lowest BCUT2D eigenvalue weighted by molar-refractivity contribution is 0.188. The molecule has 1 aromatic rings. The van der Waals surface area contributed by atoms with E-state index in [9.17, 15) is 0 Å². The molecule has 2 heteroatoms. The van der Waals surface area contributed by atoms with Gasteiger partial charge < -0.3 is 10.5 Å². The summed E-state index contributed by atoms with van der Waals surface area (Å²) in [6.07, 6.45) is 3.29. The first-order valence-electron chi connectivity index (χ1n) is 5.65. The molecule has 0 radical (unpaired) electrons. The van der Waals surface area contributed by atoms with E-state index in [2.05, 4.69) is 24.3 Å². The van der Waals surface area contributed by atoms with Crippen LogP contribution in [0.5, 0.6) is 0 Å². The summed E-state index contributed by atoms with van der Waals surface area (Å²) in [5, 5.41) is 0. The zero-order chi connectivity index (χ0) is 10.7. The number of hydrogen-bond donors (Lipinski definition) is 1. The van der Waals surface area contributed by atoms with Crippen molar-refractivity contribution in [1.29, 1.82) is 0 Å². The molecule has 0 spiro atoms. The second-order valence-corrected chi connectivity index (χ2v) is 4.31. The van der Waals surface area contributed by atoms with Gasteiger partial charge in [-0.1, -0.05) is 24.3 Å². The molecular weight excluding hydrogens is 186 g/mol. The molecule has 1 aromatic carbocycles. The molecule has 1 aliphatic carbocycles. The smallest absolute Gasteiger partial charge is 0.0462 e. The molecule has 2 atom stereocenters. The summed E-state index contributed by atoms with van der Waals surface area (Å²) in [7, 11) is 1.74. The van der Waals surface area contributed by atoms with Crippen LogP contribution in [0.25, 0.3) is 0 Å².